The molecule has 0 radical (unpaired) electrons. The number of carbonyl (C=O) groups excluding carboxylic acids is 4. The lowest BCUT2D eigenvalue weighted by Gasteiger charge is -2.33. The molecule has 2 unspecified atom stereocenters. The standard InChI is InChI=1S/C32H29F3N4O4/c33-32(34,35)25-12-6-4-10-21(25)16-37-30(42)24(15-22-17-36-26-13-7-5-11-23(22)26)28(40)18-39-19-29(41)38-27(31(39)43)14-20-8-2-1-3-9-20/h1-13,17,24,27,36H,14-16,18-19H2,(H,37,42)(H,38,41). The van der Waals surface area contributed by atoms with Gasteiger partial charge in [0.2, 0.25) is 17.7 Å². The first-order valence-corrected chi connectivity index (χ1v) is 13.7. The van der Waals surface area contributed by atoms with Gasteiger partial charge < -0.3 is 20.5 Å². The van der Waals surface area contributed by atoms with Gasteiger partial charge in [-0.3, -0.25) is 19.2 Å². The molecule has 4 aromatic rings. The molecule has 1 aliphatic rings. The smallest absolute Gasteiger partial charge is 0.361 e. The number of carbonyl (C=O) groups is 4. The van der Waals surface area contributed by atoms with Crippen LogP contribution in [0.4, 0.5) is 13.2 Å². The van der Waals surface area contributed by atoms with Crippen LogP contribution in [0.5, 0.6) is 0 Å². The number of H-pyrrole nitrogens is 1. The van der Waals surface area contributed by atoms with Crippen molar-refractivity contribution < 1.29 is 32.3 Å². The van der Waals surface area contributed by atoms with Crippen molar-refractivity contribution in [2.75, 3.05) is 13.1 Å². The van der Waals surface area contributed by atoms with E-state index in [-0.39, 0.29) is 24.9 Å². The van der Waals surface area contributed by atoms with Gasteiger partial charge in [0.1, 0.15) is 18.5 Å². The summed E-state index contributed by atoms with van der Waals surface area (Å²) in [5, 5.41) is 5.95. The Morgan fingerprint density at radius 3 is 2.40 bits per heavy atom. The molecule has 2 atom stereocenters. The van der Waals surface area contributed by atoms with E-state index in [0.717, 1.165) is 27.4 Å². The fourth-order valence-electron chi connectivity index (χ4n) is 5.32. The van der Waals surface area contributed by atoms with Gasteiger partial charge in [0.05, 0.1) is 12.1 Å². The minimum absolute atomic E-state index is 0.0583. The second-order valence-electron chi connectivity index (χ2n) is 10.5. The SMILES string of the molecule is O=C1CN(CC(=O)C(Cc2c[nH]c3ccccc23)C(=O)NCc2ccccc2C(F)(F)F)C(=O)C(Cc2ccccc2)N1. The van der Waals surface area contributed by atoms with E-state index in [4.69, 9.17) is 0 Å². The van der Waals surface area contributed by atoms with Crippen molar-refractivity contribution >= 4 is 34.4 Å². The Kier molecular flexibility index (Phi) is 8.61. The molecular formula is C32H29F3N4O4. The third-order valence-electron chi connectivity index (χ3n) is 7.49. The number of alkyl halides is 3. The predicted octanol–water partition coefficient (Wildman–Crippen LogP) is 3.80. The highest BCUT2D eigenvalue weighted by Crippen LogP contribution is 2.32. The molecule has 0 bridgehead atoms. The molecule has 1 fully saturated rings. The van der Waals surface area contributed by atoms with E-state index in [1.807, 2.05) is 54.6 Å². The number of halogens is 3. The summed E-state index contributed by atoms with van der Waals surface area (Å²) in [6.45, 7) is -1.30. The van der Waals surface area contributed by atoms with Crippen LogP contribution in [0.15, 0.2) is 85.1 Å². The molecular weight excluding hydrogens is 561 g/mol. The Bertz CT molecular complexity index is 1650. The number of ketones is 1. The molecule has 3 aromatic carbocycles. The van der Waals surface area contributed by atoms with Crippen LogP contribution in [0.1, 0.15) is 22.3 Å². The molecule has 1 aromatic heterocycles. The summed E-state index contributed by atoms with van der Waals surface area (Å²) in [4.78, 5) is 57.2. The number of nitrogens with one attached hydrogen (secondary N) is 3. The van der Waals surface area contributed by atoms with Gasteiger partial charge in [0.25, 0.3) is 0 Å². The number of benzene rings is 3. The van der Waals surface area contributed by atoms with Gasteiger partial charge in [-0.25, -0.2) is 0 Å². The number of piperazine rings is 1. The first kappa shape index (κ1) is 29.6. The van der Waals surface area contributed by atoms with E-state index < -0.39 is 60.3 Å². The number of para-hydroxylation sites is 1. The van der Waals surface area contributed by atoms with Gasteiger partial charge in [-0.1, -0.05) is 66.7 Å². The van der Waals surface area contributed by atoms with Crippen molar-refractivity contribution in [3.8, 4) is 0 Å². The van der Waals surface area contributed by atoms with Crippen molar-refractivity contribution in [3.63, 3.8) is 0 Å². The van der Waals surface area contributed by atoms with Crippen molar-refractivity contribution in [1.29, 1.82) is 0 Å². The number of amides is 3. The van der Waals surface area contributed by atoms with Crippen LogP contribution >= 0.6 is 0 Å². The highest BCUT2D eigenvalue weighted by molar-refractivity contribution is 6.05. The third kappa shape index (κ3) is 6.94. The van der Waals surface area contributed by atoms with E-state index >= 15 is 0 Å². The topological polar surface area (TPSA) is 111 Å². The zero-order chi connectivity index (χ0) is 30.6. The number of aromatic amines is 1. The molecule has 222 valence electrons. The normalized spacial score (nSPS) is 16.2. The van der Waals surface area contributed by atoms with Crippen LogP contribution in [0.25, 0.3) is 10.9 Å². The molecule has 0 spiro atoms. The molecule has 5 rings (SSSR count). The van der Waals surface area contributed by atoms with Gasteiger partial charge in [-0.15, -0.1) is 0 Å². The molecule has 0 aliphatic carbocycles. The molecule has 8 nitrogen and oxygen atoms in total. The van der Waals surface area contributed by atoms with Gasteiger partial charge >= 0.3 is 6.18 Å². The Labute approximate surface area is 245 Å². The number of nitrogens with zero attached hydrogens (tertiary/aromatic N) is 1. The van der Waals surface area contributed by atoms with Crippen LogP contribution in [-0.4, -0.2) is 52.5 Å². The first-order valence-electron chi connectivity index (χ1n) is 13.7. The first-order chi connectivity index (χ1) is 20.6. The summed E-state index contributed by atoms with van der Waals surface area (Å²) in [6.07, 6.45) is -2.77. The zero-order valence-electron chi connectivity index (χ0n) is 23.0. The van der Waals surface area contributed by atoms with Crippen molar-refractivity contribution in [2.24, 2.45) is 5.92 Å². The molecule has 2 heterocycles. The maximum absolute atomic E-state index is 13.7. The predicted molar refractivity (Wildman–Crippen MR) is 152 cm³/mol. The fourth-order valence-corrected chi connectivity index (χ4v) is 5.32. The van der Waals surface area contributed by atoms with Crippen LogP contribution in [0.2, 0.25) is 0 Å². The third-order valence-corrected chi connectivity index (χ3v) is 7.49. The van der Waals surface area contributed by atoms with Gasteiger partial charge in [0, 0.05) is 30.1 Å². The summed E-state index contributed by atoms with van der Waals surface area (Å²) < 4.78 is 40.6. The van der Waals surface area contributed by atoms with Gasteiger partial charge in [-0.05, 0) is 35.2 Å². The number of rotatable bonds is 10. The molecule has 1 aliphatic heterocycles. The molecule has 0 saturated carbocycles. The fraction of sp³-hybridized carbons (Fsp3) is 0.250. The quantitative estimate of drug-likeness (QED) is 0.244. The highest BCUT2D eigenvalue weighted by Gasteiger charge is 2.37. The minimum Gasteiger partial charge on any atom is -0.361 e. The van der Waals surface area contributed by atoms with Gasteiger partial charge in [0.15, 0.2) is 5.78 Å². The Balaban J connectivity index is 1.36. The lowest BCUT2D eigenvalue weighted by Crippen LogP contribution is -2.60. The monoisotopic (exact) mass is 590 g/mol. The van der Waals surface area contributed by atoms with Crippen LogP contribution in [0, 0.1) is 5.92 Å². The number of hydrogen-bond donors (Lipinski definition) is 3. The lowest BCUT2D eigenvalue weighted by atomic mass is 9.93. The van der Waals surface area contributed by atoms with Crippen LogP contribution < -0.4 is 10.6 Å². The Morgan fingerprint density at radius 1 is 0.930 bits per heavy atom. The Hall–Kier alpha value is -4.93. The Morgan fingerprint density at radius 2 is 1.63 bits per heavy atom. The lowest BCUT2D eigenvalue weighted by molar-refractivity contribution is -0.147. The minimum atomic E-state index is -4.62. The number of aromatic nitrogens is 1. The van der Waals surface area contributed by atoms with Crippen LogP contribution in [-0.2, 0) is 44.7 Å². The average molecular weight is 591 g/mol. The molecule has 1 saturated heterocycles. The van der Waals surface area contributed by atoms with Crippen molar-refractivity contribution in [2.45, 2.75) is 31.6 Å². The van der Waals surface area contributed by atoms with E-state index in [1.54, 1.807) is 6.20 Å². The second-order valence-corrected chi connectivity index (χ2v) is 10.5. The van der Waals surface area contributed by atoms with E-state index in [2.05, 4.69) is 15.6 Å². The van der Waals surface area contributed by atoms with E-state index in [1.165, 1.54) is 18.2 Å². The number of hydrogen-bond acceptors (Lipinski definition) is 4. The van der Waals surface area contributed by atoms with Crippen molar-refractivity contribution in [1.82, 2.24) is 20.5 Å². The number of fused-ring (bicyclic) bond motifs is 1. The molecule has 43 heavy (non-hydrogen) atoms. The second kappa shape index (κ2) is 12.5. The maximum Gasteiger partial charge on any atom is 0.416 e. The van der Waals surface area contributed by atoms with Crippen LogP contribution in [0.3, 0.4) is 0 Å². The zero-order valence-corrected chi connectivity index (χ0v) is 23.0. The van der Waals surface area contributed by atoms with E-state index in [9.17, 15) is 32.3 Å². The van der Waals surface area contributed by atoms with Gasteiger partial charge in [-0.2, -0.15) is 13.2 Å². The summed E-state index contributed by atoms with van der Waals surface area (Å²) in [5.74, 6) is -3.63. The maximum atomic E-state index is 13.7. The average Bonchev–Trinajstić information content (AvgIpc) is 3.40. The van der Waals surface area contributed by atoms with E-state index in [0.29, 0.717) is 5.56 Å². The highest BCUT2D eigenvalue weighted by atomic mass is 19.4. The summed E-state index contributed by atoms with van der Waals surface area (Å²) in [5.41, 5.74) is 1.24. The molecule has 3 N–H and O–H groups in total. The number of Topliss-reactive ketones (excluding diaryl/α,β-unsaturated/α-hetero) is 1. The molecule has 11 heteroatoms. The summed E-state index contributed by atoms with van der Waals surface area (Å²) in [6, 6.07) is 20.4. The summed E-state index contributed by atoms with van der Waals surface area (Å²) in [7, 11) is 0. The summed E-state index contributed by atoms with van der Waals surface area (Å²) >= 11 is 0. The molecule has 3 amide bonds. The largest absolute Gasteiger partial charge is 0.416 e. The van der Waals surface area contributed by atoms with Crippen molar-refractivity contribution in [3.05, 3.63) is 107 Å².